The molecule has 2 aliphatic rings. The minimum Gasteiger partial charge on any atom is -0.362 e. The zero-order chi connectivity index (χ0) is 19.5. The zero-order valence-electron chi connectivity index (χ0n) is 15.7. The number of hydrogen-bond acceptors (Lipinski definition) is 6. The molecule has 1 unspecified atom stereocenters. The molecule has 0 radical (unpaired) electrons. The number of anilines is 1. The first-order chi connectivity index (χ1) is 13.6. The summed E-state index contributed by atoms with van der Waals surface area (Å²) in [5.41, 5.74) is 1.17. The Morgan fingerprint density at radius 2 is 1.96 bits per heavy atom. The highest BCUT2D eigenvalue weighted by molar-refractivity contribution is 5.92. The lowest BCUT2D eigenvalue weighted by molar-refractivity contribution is -0.384. The number of carbonyl (C=O) groups excluding carboxylic acids is 1. The van der Waals surface area contributed by atoms with E-state index in [0.29, 0.717) is 43.6 Å². The number of carbonyl (C=O) groups is 1. The molecule has 0 aliphatic carbocycles. The molecule has 2 fully saturated rings. The summed E-state index contributed by atoms with van der Waals surface area (Å²) in [6, 6.07) is 8.82. The number of rotatable bonds is 4. The second kappa shape index (κ2) is 7.97. The molecule has 148 valence electrons. The summed E-state index contributed by atoms with van der Waals surface area (Å²) in [5, 5.41) is 19.1. The van der Waals surface area contributed by atoms with E-state index in [-0.39, 0.29) is 16.5 Å². The quantitative estimate of drug-likeness (QED) is 0.636. The second-order valence-electron chi connectivity index (χ2n) is 7.21. The van der Waals surface area contributed by atoms with Gasteiger partial charge in [-0.1, -0.05) is 12.1 Å². The van der Waals surface area contributed by atoms with Crippen molar-refractivity contribution >= 4 is 17.3 Å². The third-order valence-electron chi connectivity index (χ3n) is 5.46. The summed E-state index contributed by atoms with van der Waals surface area (Å²) in [6.07, 6.45) is 4.06. The van der Waals surface area contributed by atoms with Gasteiger partial charge in [-0.15, -0.1) is 0 Å². The Hall–Kier alpha value is -2.94. The number of benzene rings is 1. The molecule has 9 heteroatoms. The van der Waals surface area contributed by atoms with Crippen molar-refractivity contribution in [3.8, 4) is 0 Å². The first kappa shape index (κ1) is 18.4. The molecule has 0 spiro atoms. The van der Waals surface area contributed by atoms with E-state index in [9.17, 15) is 14.9 Å². The number of aromatic nitrogens is 2. The third-order valence-corrected chi connectivity index (χ3v) is 5.46. The predicted octanol–water partition coefficient (Wildman–Crippen LogP) is 1.68. The number of para-hydroxylation sites is 2. The Bertz CT molecular complexity index is 853. The number of piperazine rings is 1. The van der Waals surface area contributed by atoms with Crippen LogP contribution in [-0.4, -0.2) is 64.8 Å². The molecule has 2 saturated heterocycles. The minimum atomic E-state index is -0.361. The van der Waals surface area contributed by atoms with Crippen molar-refractivity contribution in [2.24, 2.45) is 0 Å². The fourth-order valence-corrected chi connectivity index (χ4v) is 3.91. The van der Waals surface area contributed by atoms with Gasteiger partial charge in [-0.2, -0.15) is 5.10 Å². The first-order valence-corrected chi connectivity index (χ1v) is 9.67. The van der Waals surface area contributed by atoms with E-state index in [1.807, 2.05) is 15.8 Å². The number of nitro groups is 1. The SMILES string of the molecule is O=C(c1ccn(C2CCCNC2)n1)N1CCN(c2ccccc2[N+](=O)[O-])CC1. The lowest BCUT2D eigenvalue weighted by Gasteiger charge is -2.35. The van der Waals surface area contributed by atoms with Gasteiger partial charge in [-0.25, -0.2) is 0 Å². The fourth-order valence-electron chi connectivity index (χ4n) is 3.91. The molecule has 9 nitrogen and oxygen atoms in total. The Labute approximate surface area is 163 Å². The molecule has 3 heterocycles. The van der Waals surface area contributed by atoms with E-state index >= 15 is 0 Å². The van der Waals surface area contributed by atoms with Crippen LogP contribution in [0.1, 0.15) is 29.4 Å². The van der Waals surface area contributed by atoms with Crippen LogP contribution in [0.25, 0.3) is 0 Å². The molecular formula is C19H24N6O3. The molecule has 1 amide bonds. The van der Waals surface area contributed by atoms with Crippen molar-refractivity contribution < 1.29 is 9.72 Å². The van der Waals surface area contributed by atoms with Gasteiger partial charge in [0.1, 0.15) is 11.4 Å². The van der Waals surface area contributed by atoms with E-state index in [2.05, 4.69) is 10.4 Å². The summed E-state index contributed by atoms with van der Waals surface area (Å²) in [4.78, 5) is 27.5. The topological polar surface area (TPSA) is 96.5 Å². The number of nitrogens with one attached hydrogen (secondary N) is 1. The monoisotopic (exact) mass is 384 g/mol. The van der Waals surface area contributed by atoms with Crippen molar-refractivity contribution in [1.29, 1.82) is 0 Å². The van der Waals surface area contributed by atoms with Crippen LogP contribution in [0.15, 0.2) is 36.5 Å². The number of piperidine rings is 1. The Kier molecular flexibility index (Phi) is 5.25. The normalized spacial score (nSPS) is 20.2. The molecule has 1 N–H and O–H groups in total. The van der Waals surface area contributed by atoms with Crippen molar-refractivity contribution in [3.05, 3.63) is 52.3 Å². The van der Waals surface area contributed by atoms with Crippen LogP contribution < -0.4 is 10.2 Å². The highest BCUT2D eigenvalue weighted by Crippen LogP contribution is 2.28. The Balaban J connectivity index is 1.39. The van der Waals surface area contributed by atoms with E-state index < -0.39 is 0 Å². The second-order valence-corrected chi connectivity index (χ2v) is 7.21. The third kappa shape index (κ3) is 3.70. The van der Waals surface area contributed by atoms with Gasteiger partial charge in [0.25, 0.3) is 11.6 Å². The smallest absolute Gasteiger partial charge is 0.292 e. The highest BCUT2D eigenvalue weighted by atomic mass is 16.6. The summed E-state index contributed by atoms with van der Waals surface area (Å²) in [7, 11) is 0. The molecule has 0 saturated carbocycles. The van der Waals surface area contributed by atoms with Crippen LogP contribution in [0.4, 0.5) is 11.4 Å². The summed E-state index contributed by atoms with van der Waals surface area (Å²) in [6.45, 7) is 4.07. The van der Waals surface area contributed by atoms with E-state index in [4.69, 9.17) is 0 Å². The lowest BCUT2D eigenvalue weighted by atomic mass is 10.1. The molecular weight excluding hydrogens is 360 g/mol. The molecule has 0 bridgehead atoms. The van der Waals surface area contributed by atoms with Gasteiger partial charge in [0, 0.05) is 45.0 Å². The van der Waals surface area contributed by atoms with Gasteiger partial charge >= 0.3 is 0 Å². The Morgan fingerprint density at radius 1 is 1.18 bits per heavy atom. The van der Waals surface area contributed by atoms with Crippen molar-refractivity contribution in [2.45, 2.75) is 18.9 Å². The van der Waals surface area contributed by atoms with Crippen molar-refractivity contribution in [2.75, 3.05) is 44.2 Å². The maximum Gasteiger partial charge on any atom is 0.292 e. The van der Waals surface area contributed by atoms with Crippen molar-refractivity contribution in [1.82, 2.24) is 20.0 Å². The van der Waals surface area contributed by atoms with Gasteiger partial charge in [-0.3, -0.25) is 19.6 Å². The average molecular weight is 384 g/mol. The van der Waals surface area contributed by atoms with E-state index in [1.165, 1.54) is 6.07 Å². The summed E-state index contributed by atoms with van der Waals surface area (Å²) < 4.78 is 1.89. The van der Waals surface area contributed by atoms with Gasteiger partial charge in [0.15, 0.2) is 0 Å². The molecule has 2 aromatic rings. The van der Waals surface area contributed by atoms with Gasteiger partial charge in [0.05, 0.1) is 11.0 Å². The molecule has 28 heavy (non-hydrogen) atoms. The van der Waals surface area contributed by atoms with Gasteiger partial charge in [0.2, 0.25) is 0 Å². The maximum atomic E-state index is 12.8. The molecule has 1 aromatic heterocycles. The summed E-state index contributed by atoms with van der Waals surface area (Å²) in [5.74, 6) is -0.0790. The standard InChI is InChI=1S/C19H24N6O3/c26-19(16-7-9-24(21-16)15-4-3-8-20-14-15)23-12-10-22(11-13-23)17-5-1-2-6-18(17)25(27)28/h1-2,5-7,9,15,20H,3-4,8,10-14H2. The van der Waals surface area contributed by atoms with Gasteiger partial charge in [-0.05, 0) is 31.5 Å². The maximum absolute atomic E-state index is 12.8. The van der Waals surface area contributed by atoms with Crippen LogP contribution in [0, 0.1) is 10.1 Å². The summed E-state index contributed by atoms with van der Waals surface area (Å²) >= 11 is 0. The lowest BCUT2D eigenvalue weighted by Crippen LogP contribution is -2.49. The van der Waals surface area contributed by atoms with E-state index in [1.54, 1.807) is 29.2 Å². The average Bonchev–Trinajstić information content (AvgIpc) is 3.24. The van der Waals surface area contributed by atoms with Gasteiger partial charge < -0.3 is 15.1 Å². The minimum absolute atomic E-state index is 0.0790. The molecule has 2 aliphatic heterocycles. The zero-order valence-corrected chi connectivity index (χ0v) is 15.7. The highest BCUT2D eigenvalue weighted by Gasteiger charge is 2.27. The molecule has 4 rings (SSSR count). The Morgan fingerprint density at radius 3 is 2.68 bits per heavy atom. The first-order valence-electron chi connectivity index (χ1n) is 9.67. The number of amides is 1. The van der Waals surface area contributed by atoms with Crippen LogP contribution in [-0.2, 0) is 0 Å². The van der Waals surface area contributed by atoms with E-state index in [0.717, 1.165) is 25.9 Å². The van der Waals surface area contributed by atoms with Crippen LogP contribution in [0.5, 0.6) is 0 Å². The van der Waals surface area contributed by atoms with Crippen LogP contribution in [0.2, 0.25) is 0 Å². The molecule has 1 aromatic carbocycles. The number of nitro benzene ring substituents is 1. The number of hydrogen-bond donors (Lipinski definition) is 1. The largest absolute Gasteiger partial charge is 0.362 e. The van der Waals surface area contributed by atoms with Crippen LogP contribution >= 0.6 is 0 Å². The van der Waals surface area contributed by atoms with Crippen molar-refractivity contribution in [3.63, 3.8) is 0 Å². The fraction of sp³-hybridized carbons (Fsp3) is 0.474. The predicted molar refractivity (Wildman–Crippen MR) is 105 cm³/mol. The van der Waals surface area contributed by atoms with Crippen LogP contribution in [0.3, 0.4) is 0 Å². The molecule has 1 atom stereocenters. The number of nitrogens with zero attached hydrogens (tertiary/aromatic N) is 5.